The topological polar surface area (TPSA) is 23.8 Å². The molecule has 0 bridgehead atoms. The van der Waals surface area contributed by atoms with E-state index in [0.717, 1.165) is 18.4 Å². The van der Waals surface area contributed by atoms with E-state index in [9.17, 15) is 4.39 Å². The van der Waals surface area contributed by atoms with Crippen LogP contribution in [-0.2, 0) is 0 Å². The molecule has 1 atom stereocenters. The molecule has 0 radical (unpaired) electrons. The fourth-order valence-electron chi connectivity index (χ4n) is 2.41. The Morgan fingerprint density at radius 2 is 1.80 bits per heavy atom. The summed E-state index contributed by atoms with van der Waals surface area (Å²) in [5.74, 6) is 0.190. The Morgan fingerprint density at radius 3 is 2.33 bits per heavy atom. The lowest BCUT2D eigenvalue weighted by Crippen LogP contribution is -2.07. The summed E-state index contributed by atoms with van der Waals surface area (Å²) in [6, 6.07) is 8.71. The van der Waals surface area contributed by atoms with Gasteiger partial charge in [0, 0.05) is 0 Å². The molecule has 0 aliphatic heterocycles. The van der Waals surface area contributed by atoms with Crippen molar-refractivity contribution in [1.29, 1.82) is 5.26 Å². The van der Waals surface area contributed by atoms with E-state index in [2.05, 4.69) is 6.07 Å². The number of rotatable bonds is 2. The molecule has 0 amide bonds. The highest BCUT2D eigenvalue weighted by molar-refractivity contribution is 5.26. The van der Waals surface area contributed by atoms with Crippen LogP contribution in [0.15, 0.2) is 24.3 Å². The van der Waals surface area contributed by atoms with Crippen molar-refractivity contribution in [3.8, 4) is 6.07 Å². The van der Waals surface area contributed by atoms with Gasteiger partial charge in [0.1, 0.15) is 5.82 Å². The molecular weight excluding hydrogens is 189 g/mol. The molecule has 1 aliphatic carbocycles. The number of hydrogen-bond acceptors (Lipinski definition) is 1. The molecule has 0 heterocycles. The Hall–Kier alpha value is -1.36. The molecule has 0 N–H and O–H groups in total. The van der Waals surface area contributed by atoms with Crippen LogP contribution >= 0.6 is 0 Å². The average molecular weight is 203 g/mol. The summed E-state index contributed by atoms with van der Waals surface area (Å²) in [5, 5.41) is 9.17. The first-order valence-corrected chi connectivity index (χ1v) is 5.46. The van der Waals surface area contributed by atoms with Crippen LogP contribution in [0.4, 0.5) is 4.39 Å². The smallest absolute Gasteiger partial charge is 0.123 e. The van der Waals surface area contributed by atoms with Gasteiger partial charge in [0.2, 0.25) is 0 Å². The van der Waals surface area contributed by atoms with Crippen molar-refractivity contribution in [2.45, 2.75) is 31.6 Å². The molecule has 0 spiro atoms. The molecule has 1 unspecified atom stereocenters. The zero-order valence-corrected chi connectivity index (χ0v) is 8.62. The third kappa shape index (κ3) is 2.18. The quantitative estimate of drug-likeness (QED) is 0.720. The van der Waals surface area contributed by atoms with Crippen LogP contribution in [0.5, 0.6) is 0 Å². The van der Waals surface area contributed by atoms with Gasteiger partial charge in [0.25, 0.3) is 0 Å². The van der Waals surface area contributed by atoms with Crippen molar-refractivity contribution >= 4 is 0 Å². The van der Waals surface area contributed by atoms with Crippen LogP contribution in [0, 0.1) is 23.1 Å². The molecule has 0 saturated heterocycles. The van der Waals surface area contributed by atoms with Gasteiger partial charge in [-0.15, -0.1) is 0 Å². The fourth-order valence-corrected chi connectivity index (χ4v) is 2.41. The maximum absolute atomic E-state index is 12.7. The maximum atomic E-state index is 12.7. The predicted molar refractivity (Wildman–Crippen MR) is 56.7 cm³/mol. The molecule has 15 heavy (non-hydrogen) atoms. The number of hydrogen-bond donors (Lipinski definition) is 0. The second-order valence-corrected chi connectivity index (χ2v) is 4.20. The standard InChI is InChI=1S/C13H14FN/c14-12-7-5-11(6-8-12)13(9-15)10-3-1-2-4-10/h5-8,10,13H,1-4H2. The van der Waals surface area contributed by atoms with Crippen LogP contribution in [0.3, 0.4) is 0 Å². The van der Waals surface area contributed by atoms with Crippen molar-refractivity contribution in [3.05, 3.63) is 35.6 Å². The summed E-state index contributed by atoms with van der Waals surface area (Å²) in [5.41, 5.74) is 0.964. The van der Waals surface area contributed by atoms with Gasteiger partial charge in [-0.25, -0.2) is 4.39 Å². The molecule has 2 heteroatoms. The average Bonchev–Trinajstić information content (AvgIpc) is 2.75. The third-order valence-electron chi connectivity index (χ3n) is 3.24. The normalized spacial score (nSPS) is 18.7. The number of benzene rings is 1. The van der Waals surface area contributed by atoms with Gasteiger partial charge in [-0.05, 0) is 36.5 Å². The first kappa shape index (κ1) is 10.2. The minimum absolute atomic E-state index is 0.0481. The lowest BCUT2D eigenvalue weighted by molar-refractivity contribution is 0.500. The Kier molecular flexibility index (Phi) is 3.01. The summed E-state index contributed by atoms with van der Waals surface area (Å²) >= 11 is 0. The molecule has 1 aliphatic rings. The fraction of sp³-hybridized carbons (Fsp3) is 0.462. The van der Waals surface area contributed by atoms with E-state index in [1.165, 1.54) is 25.0 Å². The van der Waals surface area contributed by atoms with Gasteiger partial charge in [-0.2, -0.15) is 5.26 Å². The highest BCUT2D eigenvalue weighted by Crippen LogP contribution is 2.36. The van der Waals surface area contributed by atoms with Crippen molar-refractivity contribution in [3.63, 3.8) is 0 Å². The first-order chi connectivity index (χ1) is 7.31. The van der Waals surface area contributed by atoms with E-state index >= 15 is 0 Å². The summed E-state index contributed by atoms with van der Waals surface area (Å²) in [6.07, 6.45) is 4.72. The van der Waals surface area contributed by atoms with Crippen LogP contribution in [0.25, 0.3) is 0 Å². The Labute approximate surface area is 89.5 Å². The molecular formula is C13H14FN. The van der Waals surface area contributed by atoms with Crippen LogP contribution in [-0.4, -0.2) is 0 Å². The minimum atomic E-state index is -0.234. The molecule has 1 saturated carbocycles. The van der Waals surface area contributed by atoms with Crippen molar-refractivity contribution in [2.24, 2.45) is 5.92 Å². The highest BCUT2D eigenvalue weighted by Gasteiger charge is 2.25. The Bertz CT molecular complexity index is 357. The van der Waals surface area contributed by atoms with E-state index in [-0.39, 0.29) is 11.7 Å². The SMILES string of the molecule is N#CC(c1ccc(F)cc1)C1CCCC1. The van der Waals surface area contributed by atoms with Gasteiger partial charge in [0.15, 0.2) is 0 Å². The van der Waals surface area contributed by atoms with Crippen LogP contribution in [0.2, 0.25) is 0 Å². The van der Waals surface area contributed by atoms with Crippen LogP contribution in [0.1, 0.15) is 37.2 Å². The van der Waals surface area contributed by atoms with E-state index in [4.69, 9.17) is 5.26 Å². The molecule has 1 nitrogen and oxygen atoms in total. The van der Waals surface area contributed by atoms with Crippen molar-refractivity contribution < 1.29 is 4.39 Å². The van der Waals surface area contributed by atoms with Gasteiger partial charge in [-0.1, -0.05) is 25.0 Å². The minimum Gasteiger partial charge on any atom is -0.207 e. The van der Waals surface area contributed by atoms with Gasteiger partial charge in [-0.3, -0.25) is 0 Å². The lowest BCUT2D eigenvalue weighted by atomic mass is 9.86. The third-order valence-corrected chi connectivity index (χ3v) is 3.24. The molecule has 1 aromatic carbocycles. The van der Waals surface area contributed by atoms with Gasteiger partial charge >= 0.3 is 0 Å². The maximum Gasteiger partial charge on any atom is 0.123 e. The van der Waals surface area contributed by atoms with Crippen LogP contribution < -0.4 is 0 Å². The molecule has 2 rings (SSSR count). The number of nitriles is 1. The number of halogens is 1. The summed E-state index contributed by atoms with van der Waals surface area (Å²) in [7, 11) is 0. The molecule has 78 valence electrons. The lowest BCUT2D eigenvalue weighted by Gasteiger charge is -2.16. The Balaban J connectivity index is 2.19. The van der Waals surface area contributed by atoms with Crippen molar-refractivity contribution in [2.75, 3.05) is 0 Å². The summed E-state index contributed by atoms with van der Waals surface area (Å²) in [4.78, 5) is 0. The molecule has 0 aromatic heterocycles. The van der Waals surface area contributed by atoms with E-state index in [1.807, 2.05) is 0 Å². The Morgan fingerprint density at radius 1 is 1.20 bits per heavy atom. The summed E-state index contributed by atoms with van der Waals surface area (Å²) in [6.45, 7) is 0. The second-order valence-electron chi connectivity index (χ2n) is 4.20. The summed E-state index contributed by atoms with van der Waals surface area (Å²) < 4.78 is 12.7. The zero-order chi connectivity index (χ0) is 10.7. The second kappa shape index (κ2) is 4.44. The van der Waals surface area contributed by atoms with E-state index in [0.29, 0.717) is 5.92 Å². The number of nitrogens with zero attached hydrogens (tertiary/aromatic N) is 1. The van der Waals surface area contributed by atoms with E-state index < -0.39 is 0 Å². The largest absolute Gasteiger partial charge is 0.207 e. The molecule has 1 fully saturated rings. The monoisotopic (exact) mass is 203 g/mol. The van der Waals surface area contributed by atoms with Gasteiger partial charge < -0.3 is 0 Å². The predicted octanol–water partition coefficient (Wildman–Crippen LogP) is 3.62. The van der Waals surface area contributed by atoms with Crippen molar-refractivity contribution in [1.82, 2.24) is 0 Å². The van der Waals surface area contributed by atoms with E-state index in [1.54, 1.807) is 12.1 Å². The first-order valence-electron chi connectivity index (χ1n) is 5.46. The zero-order valence-electron chi connectivity index (χ0n) is 8.62. The highest BCUT2D eigenvalue weighted by atomic mass is 19.1. The molecule has 1 aromatic rings. The van der Waals surface area contributed by atoms with Gasteiger partial charge in [0.05, 0.1) is 12.0 Å².